The second kappa shape index (κ2) is 10.2. The Labute approximate surface area is 194 Å². The number of carbonyl (C=O) groups is 4. The molecular weight excluding hydrogens is 472 g/mol. The number of aliphatic imine (C=N–C) groups is 1. The third kappa shape index (κ3) is 6.11. The molecule has 6 N–H and O–H groups in total. The molecule has 0 spiro atoms. The Kier molecular flexibility index (Phi) is 7.35. The highest BCUT2D eigenvalue weighted by Crippen LogP contribution is 2.28. The highest BCUT2D eigenvalue weighted by Gasteiger charge is 2.20. The second-order valence-corrected chi connectivity index (χ2v) is 8.66. The van der Waals surface area contributed by atoms with Crippen molar-refractivity contribution in [2.45, 2.75) is 4.90 Å². The number of carboxylic acid groups (broad SMARTS) is 2. The van der Waals surface area contributed by atoms with Crippen molar-refractivity contribution in [3.63, 3.8) is 0 Å². The Hall–Kier alpha value is -3.84. The molecule has 2 amide bonds. The maximum atomic E-state index is 12.5. The van der Waals surface area contributed by atoms with E-state index in [0.717, 1.165) is 23.5 Å². The Bertz CT molecular complexity index is 1190. The molecule has 2 heterocycles. The Balaban J connectivity index is 1.63. The van der Waals surface area contributed by atoms with Gasteiger partial charge in [-0.2, -0.15) is 4.99 Å². The van der Waals surface area contributed by atoms with Gasteiger partial charge in [0, 0.05) is 17.2 Å². The van der Waals surface area contributed by atoms with Crippen molar-refractivity contribution in [2.75, 3.05) is 12.3 Å². The fourth-order valence-corrected chi connectivity index (χ4v) is 4.15. The first kappa shape index (κ1) is 23.8. The van der Waals surface area contributed by atoms with Gasteiger partial charge < -0.3 is 26.4 Å². The van der Waals surface area contributed by atoms with Crippen LogP contribution in [0.1, 0.15) is 36.9 Å². The molecule has 0 atom stereocenters. The van der Waals surface area contributed by atoms with Gasteiger partial charge in [-0.3, -0.25) is 9.59 Å². The molecule has 33 heavy (non-hydrogen) atoms. The summed E-state index contributed by atoms with van der Waals surface area (Å²) in [5.74, 6) is -3.73. The summed E-state index contributed by atoms with van der Waals surface area (Å²) >= 11 is 2.13. The zero-order valence-electron chi connectivity index (χ0n) is 16.6. The number of amidine groups is 1. The van der Waals surface area contributed by atoms with Gasteiger partial charge in [0.05, 0.1) is 10.5 Å². The topological polar surface area (TPSA) is 192 Å². The summed E-state index contributed by atoms with van der Waals surface area (Å²) in [7, 11) is 0. The highest BCUT2D eigenvalue weighted by molar-refractivity contribution is 8.18. The van der Waals surface area contributed by atoms with Crippen LogP contribution in [0.5, 0.6) is 5.75 Å². The lowest BCUT2D eigenvalue weighted by atomic mass is 10.1. The third-order valence-corrected chi connectivity index (χ3v) is 5.88. The van der Waals surface area contributed by atoms with Crippen LogP contribution >= 0.6 is 23.5 Å². The SMILES string of the molecule is NC1=NC(=O)/C(=C\c2ccc(O)c(C(=O)NCCSc3cc(C(=O)O)nc(C(=O)O)c3)c2)S1. The van der Waals surface area contributed by atoms with Crippen molar-refractivity contribution in [3.05, 3.63) is 57.8 Å². The third-order valence-electron chi connectivity index (χ3n) is 4.09. The standard InChI is InChI=1S/C20H16N4O7S2/c21-20-24-17(27)15(33-20)6-9-1-2-14(25)11(5-9)16(26)22-3-4-32-10-7-12(18(28)29)23-13(8-10)19(30)31/h1-2,5-8,25H,3-4H2,(H,22,26)(H,28,29)(H,30,31)(H2,21,24,27)/b15-6+. The number of phenols is 1. The maximum absolute atomic E-state index is 12.5. The first-order valence-corrected chi connectivity index (χ1v) is 10.9. The van der Waals surface area contributed by atoms with Gasteiger partial charge in [-0.05, 0) is 47.7 Å². The van der Waals surface area contributed by atoms with Gasteiger partial charge in [0.1, 0.15) is 17.1 Å². The molecule has 170 valence electrons. The summed E-state index contributed by atoms with van der Waals surface area (Å²) in [4.78, 5) is 54.3. The Morgan fingerprint density at radius 1 is 1.12 bits per heavy atom. The maximum Gasteiger partial charge on any atom is 0.354 e. The van der Waals surface area contributed by atoms with Crippen molar-refractivity contribution < 1.29 is 34.5 Å². The van der Waals surface area contributed by atoms with Gasteiger partial charge >= 0.3 is 11.9 Å². The van der Waals surface area contributed by atoms with E-state index in [9.17, 15) is 24.3 Å². The molecule has 0 unspecified atom stereocenters. The number of nitrogens with zero attached hydrogens (tertiary/aromatic N) is 2. The van der Waals surface area contributed by atoms with Gasteiger partial charge in [-0.1, -0.05) is 6.07 Å². The van der Waals surface area contributed by atoms with Gasteiger partial charge in [-0.25, -0.2) is 14.6 Å². The zero-order chi connectivity index (χ0) is 24.1. The second-order valence-electron chi connectivity index (χ2n) is 6.43. The molecule has 0 saturated heterocycles. The van der Waals surface area contributed by atoms with Crippen LogP contribution in [0.25, 0.3) is 6.08 Å². The lowest BCUT2D eigenvalue weighted by molar-refractivity contribution is -0.113. The summed E-state index contributed by atoms with van der Waals surface area (Å²) in [5, 5.41) is 30.9. The molecule has 1 aliphatic heterocycles. The minimum atomic E-state index is -1.36. The highest BCUT2D eigenvalue weighted by atomic mass is 32.2. The molecule has 0 bridgehead atoms. The average molecular weight is 489 g/mol. The van der Waals surface area contributed by atoms with Crippen LogP contribution in [0.4, 0.5) is 0 Å². The summed E-state index contributed by atoms with van der Waals surface area (Å²) in [6.45, 7) is 0.139. The van der Waals surface area contributed by atoms with Crippen LogP contribution in [0.15, 0.2) is 45.1 Å². The summed E-state index contributed by atoms with van der Waals surface area (Å²) in [5.41, 5.74) is 5.19. The lowest BCUT2D eigenvalue weighted by Gasteiger charge is -2.09. The number of hydrogen-bond donors (Lipinski definition) is 5. The van der Waals surface area contributed by atoms with Crippen LogP contribution in [-0.4, -0.2) is 61.5 Å². The number of amides is 2. The molecule has 0 aliphatic carbocycles. The molecule has 1 aliphatic rings. The number of thioether (sulfide) groups is 2. The fraction of sp³-hybridized carbons (Fsp3) is 0.100. The van der Waals surface area contributed by atoms with E-state index >= 15 is 0 Å². The van der Waals surface area contributed by atoms with Crippen molar-refractivity contribution in [1.29, 1.82) is 0 Å². The number of phenolic OH excluding ortho intramolecular Hbond substituents is 1. The van der Waals surface area contributed by atoms with Gasteiger partial charge in [0.2, 0.25) is 0 Å². The van der Waals surface area contributed by atoms with Crippen molar-refractivity contribution >= 4 is 58.5 Å². The molecule has 1 aromatic heterocycles. The predicted molar refractivity (Wildman–Crippen MR) is 122 cm³/mol. The summed E-state index contributed by atoms with van der Waals surface area (Å²) < 4.78 is 0. The first-order chi connectivity index (χ1) is 15.6. The van der Waals surface area contributed by atoms with Crippen LogP contribution in [0, 0.1) is 0 Å². The minimum Gasteiger partial charge on any atom is -0.507 e. The number of nitrogens with two attached hydrogens (primary N) is 1. The normalized spacial score (nSPS) is 14.2. The quantitative estimate of drug-likeness (QED) is 0.206. The van der Waals surface area contributed by atoms with E-state index in [4.69, 9.17) is 15.9 Å². The van der Waals surface area contributed by atoms with E-state index in [1.807, 2.05) is 0 Å². The molecule has 11 nitrogen and oxygen atoms in total. The number of pyridine rings is 1. The average Bonchev–Trinajstić information content (AvgIpc) is 3.08. The van der Waals surface area contributed by atoms with Gasteiger partial charge in [0.25, 0.3) is 11.8 Å². The molecular formula is C20H16N4O7S2. The number of benzene rings is 1. The van der Waals surface area contributed by atoms with E-state index in [2.05, 4.69) is 15.3 Å². The first-order valence-electron chi connectivity index (χ1n) is 9.15. The molecule has 0 radical (unpaired) electrons. The van der Waals surface area contributed by atoms with E-state index in [-0.39, 0.29) is 23.0 Å². The zero-order valence-corrected chi connectivity index (χ0v) is 18.3. The van der Waals surface area contributed by atoms with Crippen molar-refractivity contribution in [2.24, 2.45) is 10.7 Å². The van der Waals surface area contributed by atoms with Gasteiger partial charge in [-0.15, -0.1) is 11.8 Å². The molecule has 0 saturated carbocycles. The number of aromatic nitrogens is 1. The van der Waals surface area contributed by atoms with E-state index in [1.54, 1.807) is 0 Å². The van der Waals surface area contributed by atoms with Gasteiger partial charge in [0.15, 0.2) is 5.17 Å². The molecule has 3 rings (SSSR count). The molecule has 13 heteroatoms. The number of carboxylic acids is 2. The number of hydrogen-bond acceptors (Lipinski definition) is 9. The van der Waals surface area contributed by atoms with E-state index in [0.29, 0.717) is 21.1 Å². The molecule has 1 aromatic carbocycles. The van der Waals surface area contributed by atoms with E-state index < -0.39 is 35.1 Å². The van der Waals surface area contributed by atoms with Crippen LogP contribution < -0.4 is 11.1 Å². The summed E-state index contributed by atoms with van der Waals surface area (Å²) in [6.07, 6.45) is 1.51. The minimum absolute atomic E-state index is 0.0103. The monoisotopic (exact) mass is 488 g/mol. The fourth-order valence-electron chi connectivity index (χ4n) is 2.64. The van der Waals surface area contributed by atoms with Crippen LogP contribution in [0.3, 0.4) is 0 Å². The predicted octanol–water partition coefficient (Wildman–Crippen LogP) is 1.63. The molecule has 2 aromatic rings. The van der Waals surface area contributed by atoms with Crippen LogP contribution in [0.2, 0.25) is 0 Å². The lowest BCUT2D eigenvalue weighted by Crippen LogP contribution is -2.25. The van der Waals surface area contributed by atoms with E-state index in [1.165, 1.54) is 36.4 Å². The Morgan fingerprint density at radius 3 is 2.36 bits per heavy atom. The number of aromatic hydroxyl groups is 1. The smallest absolute Gasteiger partial charge is 0.354 e. The Morgan fingerprint density at radius 2 is 1.79 bits per heavy atom. The number of nitrogens with one attached hydrogen (secondary N) is 1. The molecule has 0 fully saturated rings. The van der Waals surface area contributed by atoms with Crippen LogP contribution in [-0.2, 0) is 4.79 Å². The summed E-state index contributed by atoms with van der Waals surface area (Å²) in [6, 6.07) is 6.74. The number of rotatable bonds is 8. The van der Waals surface area contributed by atoms with Crippen molar-refractivity contribution in [3.8, 4) is 5.75 Å². The largest absolute Gasteiger partial charge is 0.507 e. The number of carbonyl (C=O) groups excluding carboxylic acids is 2. The number of aromatic carboxylic acids is 2. The van der Waals surface area contributed by atoms with Crippen molar-refractivity contribution in [1.82, 2.24) is 10.3 Å².